The van der Waals surface area contributed by atoms with Crippen molar-refractivity contribution in [3.63, 3.8) is 0 Å². The number of ketones is 3. The highest BCUT2D eigenvalue weighted by Gasteiger charge is 2.53. The first-order chi connectivity index (χ1) is 32.4. The summed E-state index contributed by atoms with van der Waals surface area (Å²) in [5, 5.41) is 23.5. The maximum Gasteiger partial charge on any atom is 0.329 e. The zero-order valence-corrected chi connectivity index (χ0v) is 44.3. The van der Waals surface area contributed by atoms with Crippen molar-refractivity contribution in [2.24, 2.45) is 35.5 Å². The van der Waals surface area contributed by atoms with E-state index in [1.807, 2.05) is 58.1 Å². The number of cyclic esters (lactones) is 1. The quantitative estimate of drug-likeness (QED) is 0.136. The molecule has 0 aromatic carbocycles. The van der Waals surface area contributed by atoms with Crippen molar-refractivity contribution >= 4 is 36.6 Å². The Hall–Kier alpha value is -3.14. The number of methoxy groups -OCH3 is 3. The number of allylic oxidation sites excluding steroid dienone is 6. The van der Waals surface area contributed by atoms with Crippen LogP contribution in [0.15, 0.2) is 47.6 Å². The molecule has 4 rings (SSSR count). The van der Waals surface area contributed by atoms with E-state index in [1.165, 1.54) is 12.0 Å². The third-order valence-corrected chi connectivity index (χ3v) is 15.6. The lowest BCUT2D eigenvalue weighted by Crippen LogP contribution is -2.61. The Morgan fingerprint density at radius 2 is 1.58 bits per heavy atom. The van der Waals surface area contributed by atoms with Crippen LogP contribution in [0.2, 0.25) is 0 Å². The fourth-order valence-electron chi connectivity index (χ4n) is 10.6. The highest BCUT2D eigenvalue weighted by molar-refractivity contribution is 7.57. The van der Waals surface area contributed by atoms with E-state index in [0.717, 1.165) is 12.0 Å². The zero-order chi connectivity index (χ0) is 51.4. The topological polar surface area (TPSA) is 201 Å². The molecule has 15 atom stereocenters. The number of hydrogen-bond donors (Lipinski definition) is 2. The van der Waals surface area contributed by atoms with Gasteiger partial charge in [-0.25, -0.2) is 4.79 Å². The summed E-state index contributed by atoms with van der Waals surface area (Å²) in [6.45, 7) is 15.9. The van der Waals surface area contributed by atoms with Crippen LogP contribution in [0.25, 0.3) is 0 Å². The van der Waals surface area contributed by atoms with Gasteiger partial charge in [0, 0.05) is 71.8 Å². The van der Waals surface area contributed by atoms with Crippen molar-refractivity contribution in [1.82, 2.24) is 4.90 Å². The highest BCUT2D eigenvalue weighted by atomic mass is 31.2. The SMILES string of the molecule is CO[C@H]1C[C@@H]2CC[C@@H](C)[C@@](O)(O2)C(=O)C(=O)N2CCCC[C@H]2C(=O)OC(C(C)C[C@@H]2CC[C@@H](OP(C)(C)=O)[C@H](OC)C2)CC(=O)/C(C)=C/C(C)[C@@H](O)[C@@H](OC)C(=O)[C@H](C)C[C@H](C)C=CC=CC=C1C. The Morgan fingerprint density at radius 1 is 0.870 bits per heavy atom. The second-order valence-corrected chi connectivity index (χ2v) is 23.6. The lowest BCUT2D eigenvalue weighted by atomic mass is 9.78. The fourth-order valence-corrected chi connectivity index (χ4v) is 11.5. The smallest absolute Gasteiger partial charge is 0.329 e. The third kappa shape index (κ3) is 16.2. The van der Waals surface area contributed by atoms with Crippen molar-refractivity contribution < 1.29 is 67.0 Å². The Labute approximate surface area is 411 Å². The van der Waals surface area contributed by atoms with Crippen LogP contribution in [0.4, 0.5) is 0 Å². The summed E-state index contributed by atoms with van der Waals surface area (Å²) in [5.41, 5.74) is 1.18. The summed E-state index contributed by atoms with van der Waals surface area (Å²) in [5.74, 6) is -8.08. The predicted molar refractivity (Wildman–Crippen MR) is 263 cm³/mol. The number of aliphatic hydroxyl groups excluding tert-OH is 1. The molecule has 69 heavy (non-hydrogen) atoms. The number of fused-ring (bicyclic) bond motifs is 3. The number of hydrogen-bond acceptors (Lipinski definition) is 14. The summed E-state index contributed by atoms with van der Waals surface area (Å²) in [7, 11) is 1.76. The molecule has 2 N–H and O–H groups in total. The zero-order valence-electron chi connectivity index (χ0n) is 43.4. The number of rotatable bonds is 8. The number of aliphatic hydroxyl groups is 2. The van der Waals surface area contributed by atoms with Crippen molar-refractivity contribution in [1.29, 1.82) is 0 Å². The molecule has 4 aliphatic rings. The summed E-state index contributed by atoms with van der Waals surface area (Å²) < 4.78 is 48.2. The van der Waals surface area contributed by atoms with Gasteiger partial charge in [-0.1, -0.05) is 71.1 Å². The minimum atomic E-state index is -2.79. The number of esters is 1. The minimum absolute atomic E-state index is 0.0144. The molecule has 3 aliphatic heterocycles. The molecular weight excluding hydrogens is 906 g/mol. The maximum absolute atomic E-state index is 14.5. The number of amides is 1. The monoisotopic (exact) mass is 990 g/mol. The fraction of sp³-hybridized carbons (Fsp3) is 0.755. The van der Waals surface area contributed by atoms with E-state index in [1.54, 1.807) is 54.4 Å². The molecule has 15 nitrogen and oxygen atoms in total. The predicted octanol–water partition coefficient (Wildman–Crippen LogP) is 7.74. The molecule has 390 valence electrons. The van der Waals surface area contributed by atoms with Crippen LogP contribution in [0, 0.1) is 35.5 Å². The second-order valence-electron chi connectivity index (χ2n) is 20.9. The largest absolute Gasteiger partial charge is 0.460 e. The Bertz CT molecular complexity index is 1940. The molecule has 3 heterocycles. The number of carbonyl (C=O) groups is 5. The Kier molecular flexibility index (Phi) is 22.5. The second kappa shape index (κ2) is 26.5. The van der Waals surface area contributed by atoms with Gasteiger partial charge in [0.2, 0.25) is 5.79 Å². The van der Waals surface area contributed by atoms with Crippen molar-refractivity contribution in [2.45, 2.75) is 180 Å². The van der Waals surface area contributed by atoms with Crippen molar-refractivity contribution in [3.05, 3.63) is 47.6 Å². The number of carbonyl (C=O) groups excluding carboxylic acids is 5. The van der Waals surface area contributed by atoms with Gasteiger partial charge in [0.1, 0.15) is 18.2 Å². The molecule has 3 fully saturated rings. The lowest BCUT2D eigenvalue weighted by molar-refractivity contribution is -0.265. The number of ether oxygens (including phenoxy) is 5. The number of nitrogens with zero attached hydrogens (tertiary/aromatic N) is 1. The van der Waals surface area contributed by atoms with Gasteiger partial charge in [-0.2, -0.15) is 0 Å². The third-order valence-electron chi connectivity index (χ3n) is 14.9. The number of Topliss-reactive ketones (excluding diaryl/α,β-unsaturated/α-hetero) is 3. The first-order valence-electron chi connectivity index (χ1n) is 25.2. The van der Waals surface area contributed by atoms with E-state index in [9.17, 15) is 38.8 Å². The summed E-state index contributed by atoms with van der Waals surface area (Å²) in [4.78, 5) is 72.2. The molecule has 1 saturated carbocycles. The minimum Gasteiger partial charge on any atom is -0.460 e. The van der Waals surface area contributed by atoms with Gasteiger partial charge >= 0.3 is 5.97 Å². The molecule has 1 aliphatic carbocycles. The molecule has 1 amide bonds. The van der Waals surface area contributed by atoms with Crippen LogP contribution in [-0.4, -0.2) is 140 Å². The highest BCUT2D eigenvalue weighted by Crippen LogP contribution is 2.45. The first-order valence-corrected chi connectivity index (χ1v) is 27.7. The van der Waals surface area contributed by atoms with E-state index >= 15 is 0 Å². The molecule has 3 unspecified atom stereocenters. The summed E-state index contributed by atoms with van der Waals surface area (Å²) in [6, 6.07) is -1.16. The average molecular weight is 990 g/mol. The normalized spacial score (nSPS) is 37.3. The van der Waals surface area contributed by atoms with Gasteiger partial charge in [0.05, 0.1) is 30.5 Å². The van der Waals surface area contributed by atoms with Gasteiger partial charge in [-0.05, 0) is 107 Å². The van der Waals surface area contributed by atoms with Gasteiger partial charge in [0.15, 0.2) is 18.9 Å². The Morgan fingerprint density at radius 3 is 2.23 bits per heavy atom. The first kappa shape index (κ1) is 58.4. The van der Waals surface area contributed by atoms with Crippen LogP contribution in [0.3, 0.4) is 0 Å². The van der Waals surface area contributed by atoms with Crippen LogP contribution in [0.5, 0.6) is 0 Å². The van der Waals surface area contributed by atoms with E-state index in [4.69, 9.17) is 28.2 Å². The molecule has 0 radical (unpaired) electrons. The molecule has 2 saturated heterocycles. The molecule has 0 aromatic heterocycles. The molecule has 2 bridgehead atoms. The lowest BCUT2D eigenvalue weighted by Gasteiger charge is -2.42. The molecule has 16 heteroatoms. The van der Waals surface area contributed by atoms with E-state index in [2.05, 4.69) is 0 Å². The molecule has 0 spiro atoms. The van der Waals surface area contributed by atoms with E-state index in [-0.39, 0.29) is 60.9 Å². The van der Waals surface area contributed by atoms with Crippen LogP contribution in [0.1, 0.15) is 126 Å². The van der Waals surface area contributed by atoms with Crippen LogP contribution < -0.4 is 0 Å². The van der Waals surface area contributed by atoms with Crippen molar-refractivity contribution in [2.75, 3.05) is 41.2 Å². The van der Waals surface area contributed by atoms with Gasteiger partial charge in [-0.15, -0.1) is 0 Å². The molecular formula is C53H84NO14P. The van der Waals surface area contributed by atoms with Crippen LogP contribution >= 0.6 is 7.37 Å². The van der Waals surface area contributed by atoms with Crippen LogP contribution in [-0.2, 0) is 56.7 Å². The number of piperidine rings is 1. The van der Waals surface area contributed by atoms with Gasteiger partial charge in [-0.3, -0.25) is 23.7 Å². The maximum atomic E-state index is 14.5. The summed E-state index contributed by atoms with van der Waals surface area (Å²) in [6.07, 6.45) is 11.4. The average Bonchev–Trinajstić information content (AvgIpc) is 3.30. The van der Waals surface area contributed by atoms with Gasteiger partial charge in [0.25, 0.3) is 11.7 Å². The van der Waals surface area contributed by atoms with E-state index in [0.29, 0.717) is 63.4 Å². The van der Waals surface area contributed by atoms with Gasteiger partial charge < -0.3 is 43.3 Å². The van der Waals surface area contributed by atoms with Crippen molar-refractivity contribution in [3.8, 4) is 0 Å². The standard InChI is InChI=1S/C53H84NO14P/c1-32-18-14-13-15-19-33(2)44(63-8)30-40-23-21-38(7)53(61,67-40)50(58)51(59)54-25-17-16-20-41(54)52(60)66-45(35(4)28-39-22-24-43(46(29-39)64-9)68-69(11,12)62)31-42(55)34(3)27-37(6)48(57)49(65-10)47(56)36(5)26-32/h13-15,18-19,27,32,35-41,43-46,48-49,57,61H,16-17,20-26,28-31H2,1-12H3/b15-13?,18-14?,33-19?,34-27+/t32-,35?,36-,37?,38-,39+,40+,41+,43-,44+,45?,46-,48-,49+,53-/m1/s1. The van der Waals surface area contributed by atoms with E-state index < -0.39 is 85.1 Å². The Balaban J connectivity index is 1.70. The molecule has 0 aromatic rings. The summed E-state index contributed by atoms with van der Waals surface area (Å²) >= 11 is 0.